The topological polar surface area (TPSA) is 52.8 Å². The van der Waals surface area contributed by atoms with Gasteiger partial charge in [-0.2, -0.15) is 24.1 Å². The number of aryl methyl sites for hydroxylation is 1. The minimum atomic E-state index is -3.07. The van der Waals surface area contributed by atoms with E-state index in [1.807, 2.05) is 19.1 Å². The number of aromatic nitrogens is 4. The van der Waals surface area contributed by atoms with Crippen molar-refractivity contribution in [1.29, 1.82) is 0 Å². The van der Waals surface area contributed by atoms with Crippen LogP contribution >= 0.6 is 0 Å². The predicted octanol–water partition coefficient (Wildman–Crippen LogP) is 3.44. The van der Waals surface area contributed by atoms with Crippen LogP contribution in [-0.2, 0) is 6.54 Å². The molecule has 0 bridgehead atoms. The van der Waals surface area contributed by atoms with Crippen LogP contribution in [0.3, 0.4) is 0 Å². The van der Waals surface area contributed by atoms with E-state index in [0.717, 1.165) is 23.5 Å². The summed E-state index contributed by atoms with van der Waals surface area (Å²) in [6.45, 7) is -0.804. The van der Waals surface area contributed by atoms with Crippen LogP contribution in [0.1, 0.15) is 11.4 Å². The largest absolute Gasteiger partial charge is 0.432 e. The van der Waals surface area contributed by atoms with Crippen molar-refractivity contribution in [2.45, 2.75) is 20.1 Å². The highest BCUT2D eigenvalue weighted by Crippen LogP contribution is 2.25. The Bertz CT molecular complexity index is 834. The molecule has 0 unspecified atom stereocenters. The fourth-order valence-corrected chi connectivity index (χ4v) is 2.13. The van der Waals surface area contributed by atoms with E-state index in [0.29, 0.717) is 17.8 Å². The fraction of sp³-hybridized carbons (Fsp3) is 0.188. The molecule has 0 aliphatic rings. The first-order valence-electron chi connectivity index (χ1n) is 7.08. The zero-order chi connectivity index (χ0) is 17.1. The number of benzene rings is 1. The van der Waals surface area contributed by atoms with Crippen molar-refractivity contribution >= 4 is 0 Å². The maximum absolute atomic E-state index is 13.8. The smallest absolute Gasteiger partial charge is 0.387 e. The van der Waals surface area contributed by atoms with E-state index in [4.69, 9.17) is 0 Å². The molecule has 0 aliphatic carbocycles. The second-order valence-corrected chi connectivity index (χ2v) is 5.09. The van der Waals surface area contributed by atoms with Crippen molar-refractivity contribution in [3.05, 3.63) is 59.8 Å². The van der Waals surface area contributed by atoms with E-state index in [9.17, 15) is 13.2 Å². The standard InChI is InChI=1S/C16H13F3N4O/c1-10-2-4-12(21-20-10)9-23-7-6-14(22-23)11-3-5-15(13(17)8-11)24-16(18)19/h2-8,16H,9H2,1H3. The van der Waals surface area contributed by atoms with Crippen LogP contribution in [0.5, 0.6) is 5.75 Å². The Balaban J connectivity index is 1.77. The molecule has 0 fully saturated rings. The second kappa shape index (κ2) is 6.69. The van der Waals surface area contributed by atoms with Crippen molar-refractivity contribution in [1.82, 2.24) is 20.0 Å². The lowest BCUT2D eigenvalue weighted by Crippen LogP contribution is -2.04. The SMILES string of the molecule is Cc1ccc(Cn2ccc(-c3ccc(OC(F)F)c(F)c3)n2)nn1. The average Bonchev–Trinajstić information content (AvgIpc) is 3.00. The van der Waals surface area contributed by atoms with Crippen LogP contribution in [0.2, 0.25) is 0 Å². The maximum atomic E-state index is 13.8. The Kier molecular flexibility index (Phi) is 4.45. The molecule has 124 valence electrons. The van der Waals surface area contributed by atoms with Gasteiger partial charge in [-0.15, -0.1) is 0 Å². The van der Waals surface area contributed by atoms with Gasteiger partial charge in [0.15, 0.2) is 11.6 Å². The summed E-state index contributed by atoms with van der Waals surface area (Å²) in [6, 6.07) is 9.13. The Hall–Kier alpha value is -2.90. The third kappa shape index (κ3) is 3.70. The van der Waals surface area contributed by atoms with Crippen molar-refractivity contribution < 1.29 is 17.9 Å². The van der Waals surface area contributed by atoms with Gasteiger partial charge in [-0.1, -0.05) is 0 Å². The predicted molar refractivity (Wildman–Crippen MR) is 80.1 cm³/mol. The van der Waals surface area contributed by atoms with Crippen LogP contribution in [0.15, 0.2) is 42.6 Å². The van der Waals surface area contributed by atoms with E-state index in [2.05, 4.69) is 20.0 Å². The minimum Gasteiger partial charge on any atom is -0.432 e. The van der Waals surface area contributed by atoms with Gasteiger partial charge in [0.05, 0.1) is 23.6 Å². The van der Waals surface area contributed by atoms with Crippen LogP contribution < -0.4 is 4.74 Å². The number of halogens is 3. The molecule has 1 aromatic carbocycles. The second-order valence-electron chi connectivity index (χ2n) is 5.09. The van der Waals surface area contributed by atoms with Gasteiger partial charge in [-0.3, -0.25) is 4.68 Å². The lowest BCUT2D eigenvalue weighted by molar-refractivity contribution is -0.0521. The zero-order valence-corrected chi connectivity index (χ0v) is 12.7. The van der Waals surface area contributed by atoms with Crippen LogP contribution in [0.4, 0.5) is 13.2 Å². The van der Waals surface area contributed by atoms with E-state index < -0.39 is 18.2 Å². The highest BCUT2D eigenvalue weighted by Gasteiger charge is 2.12. The Morgan fingerprint density at radius 3 is 2.62 bits per heavy atom. The molecule has 0 saturated heterocycles. The number of nitrogens with zero attached hydrogens (tertiary/aromatic N) is 4. The number of alkyl halides is 2. The first kappa shape index (κ1) is 16.0. The van der Waals surface area contributed by atoms with Crippen LogP contribution in [-0.4, -0.2) is 26.6 Å². The molecule has 0 atom stereocenters. The van der Waals surface area contributed by atoms with Gasteiger partial charge in [0.1, 0.15) is 0 Å². The molecule has 0 saturated carbocycles. The van der Waals surface area contributed by atoms with Crippen molar-refractivity contribution in [3.63, 3.8) is 0 Å². The summed E-state index contributed by atoms with van der Waals surface area (Å²) < 4.78 is 43.8. The average molecular weight is 334 g/mol. The van der Waals surface area contributed by atoms with E-state index >= 15 is 0 Å². The van der Waals surface area contributed by atoms with Crippen LogP contribution in [0, 0.1) is 12.7 Å². The summed E-state index contributed by atoms with van der Waals surface area (Å²) in [7, 11) is 0. The molecule has 0 N–H and O–H groups in total. The highest BCUT2D eigenvalue weighted by molar-refractivity contribution is 5.59. The van der Waals surface area contributed by atoms with Gasteiger partial charge in [-0.25, -0.2) is 4.39 Å². The summed E-state index contributed by atoms with van der Waals surface area (Å²) >= 11 is 0. The summed E-state index contributed by atoms with van der Waals surface area (Å²) in [4.78, 5) is 0. The zero-order valence-electron chi connectivity index (χ0n) is 12.7. The first-order chi connectivity index (χ1) is 11.5. The Morgan fingerprint density at radius 2 is 1.96 bits per heavy atom. The molecule has 2 heterocycles. The fourth-order valence-electron chi connectivity index (χ4n) is 2.13. The number of hydrogen-bond donors (Lipinski definition) is 0. The van der Waals surface area contributed by atoms with E-state index in [1.165, 1.54) is 6.07 Å². The third-order valence-corrected chi connectivity index (χ3v) is 3.26. The third-order valence-electron chi connectivity index (χ3n) is 3.26. The normalized spacial score (nSPS) is 11.0. The van der Waals surface area contributed by atoms with E-state index in [-0.39, 0.29) is 0 Å². The van der Waals surface area contributed by atoms with Gasteiger partial charge >= 0.3 is 6.61 Å². The van der Waals surface area contributed by atoms with Gasteiger partial charge in [-0.05, 0) is 43.3 Å². The Morgan fingerprint density at radius 1 is 1.12 bits per heavy atom. The molecule has 0 spiro atoms. The molecule has 24 heavy (non-hydrogen) atoms. The molecule has 0 aliphatic heterocycles. The van der Waals surface area contributed by atoms with Crippen LogP contribution in [0.25, 0.3) is 11.3 Å². The number of rotatable bonds is 5. The molecule has 5 nitrogen and oxygen atoms in total. The van der Waals surface area contributed by atoms with E-state index in [1.54, 1.807) is 16.9 Å². The lowest BCUT2D eigenvalue weighted by Gasteiger charge is -2.06. The van der Waals surface area contributed by atoms with Crippen molar-refractivity contribution in [2.24, 2.45) is 0 Å². The highest BCUT2D eigenvalue weighted by atomic mass is 19.3. The summed E-state index contributed by atoms with van der Waals surface area (Å²) in [5.74, 6) is -1.37. The molecule has 2 aromatic heterocycles. The monoisotopic (exact) mass is 334 g/mol. The molecule has 3 rings (SSSR count). The first-order valence-corrected chi connectivity index (χ1v) is 7.08. The molecular formula is C16H13F3N4O. The molecule has 3 aromatic rings. The maximum Gasteiger partial charge on any atom is 0.387 e. The number of hydrogen-bond acceptors (Lipinski definition) is 4. The van der Waals surface area contributed by atoms with Crippen molar-refractivity contribution in [2.75, 3.05) is 0 Å². The number of ether oxygens (including phenoxy) is 1. The van der Waals surface area contributed by atoms with Gasteiger partial charge in [0.25, 0.3) is 0 Å². The van der Waals surface area contributed by atoms with Gasteiger partial charge in [0, 0.05) is 11.8 Å². The van der Waals surface area contributed by atoms with Gasteiger partial charge < -0.3 is 4.74 Å². The molecule has 0 amide bonds. The molecule has 8 heteroatoms. The lowest BCUT2D eigenvalue weighted by atomic mass is 10.1. The quantitative estimate of drug-likeness (QED) is 0.717. The summed E-state index contributed by atoms with van der Waals surface area (Å²) in [6.07, 6.45) is 1.72. The summed E-state index contributed by atoms with van der Waals surface area (Å²) in [5.41, 5.74) is 2.53. The minimum absolute atomic E-state index is 0.419. The molecule has 0 radical (unpaired) electrons. The van der Waals surface area contributed by atoms with Gasteiger partial charge in [0.2, 0.25) is 0 Å². The molecular weight excluding hydrogens is 321 g/mol. The van der Waals surface area contributed by atoms with Crippen molar-refractivity contribution in [3.8, 4) is 17.0 Å². The summed E-state index contributed by atoms with van der Waals surface area (Å²) in [5, 5.41) is 12.3. The Labute approximate surface area is 135 Å².